The Morgan fingerprint density at radius 1 is 0.727 bits per heavy atom. The van der Waals surface area contributed by atoms with Crippen molar-refractivity contribution in [3.8, 4) is 5.75 Å². The molecule has 1 aromatic carbocycles. The average Bonchev–Trinajstić information content (AvgIpc) is 4.20. The molecule has 88 heavy (non-hydrogen) atoms. The lowest BCUT2D eigenvalue weighted by molar-refractivity contribution is -0.148. The van der Waals surface area contributed by atoms with Gasteiger partial charge in [-0.25, -0.2) is 4.98 Å². The highest BCUT2D eigenvalue weighted by molar-refractivity contribution is 7.09. The first-order valence-electron chi connectivity index (χ1n) is 32.4. The summed E-state index contributed by atoms with van der Waals surface area (Å²) >= 11 is 1.41. The number of phenolic OH excluding ortho intramolecular Hbond substituents is 1. The standard InChI is InChI=1S/C71H117N11O5S/c1-20-24-34-70(86)81(19)66(50(7)8)44-68(87-60(18)83)71-80-65(48-88-71)59(17)79-62(40-49(5)6)42-61-35-36-67(84)64(43-61)78-56(14)46-74-55(13)45-76-69(85)47-75-52(10)31-27-38-73-58(16)63(33-25-26-37-72-54(12)41-51(9)29-21-2)77-53(11)32-28-39-82(23-4)57(15)30-22-3/h23,35-36,43,48-51,62-63,66,68,72-75,77-79,84H,4,10-17,20-22,24-34,37-42,44-47H2,1-3,5-9,18-19H3,(H,76,85)/t51?,62?,63-,66?,68?/m0/s1. The van der Waals surface area contributed by atoms with E-state index in [0.29, 0.717) is 84.1 Å². The molecule has 0 spiro atoms. The number of phenols is 1. The monoisotopic (exact) mass is 1240 g/mol. The van der Waals surface area contributed by atoms with Crippen LogP contribution in [0.3, 0.4) is 0 Å². The molecule has 0 aliphatic heterocycles. The van der Waals surface area contributed by atoms with Crippen LogP contribution < -0.4 is 42.5 Å². The number of aromatic hydroxyl groups is 1. The molecule has 17 heteroatoms. The molecule has 4 unspecified atom stereocenters. The first kappa shape index (κ1) is 77.2. The van der Waals surface area contributed by atoms with E-state index in [1.54, 1.807) is 11.0 Å². The zero-order valence-electron chi connectivity index (χ0n) is 56.1. The molecular weight excluding hydrogens is 1120 g/mol. The predicted molar refractivity (Wildman–Crippen MR) is 372 cm³/mol. The number of hydrogen-bond donors (Lipinski definition) is 9. The first-order chi connectivity index (χ1) is 41.8. The SMILES string of the molecule is C=CN(CCCC(=C)N[C@@H](CCCCNC(=C)CC(C)CCC)C(=C)NCCCC(=C)NCC(=O)NCC(=C)NCC(=C)Nc1cc(CC(CC(C)C)NC(=C)c2csc(C(CC(C(C)C)N(C)C(=O)CCCC)OC(C)=O)n2)ccc1O)C(=C)CCC. The summed E-state index contributed by atoms with van der Waals surface area (Å²) in [5.41, 5.74) is 8.88. The summed E-state index contributed by atoms with van der Waals surface area (Å²) in [7, 11) is 1.83. The van der Waals surface area contributed by atoms with E-state index >= 15 is 0 Å². The van der Waals surface area contributed by atoms with Crippen molar-refractivity contribution in [1.29, 1.82) is 0 Å². The van der Waals surface area contributed by atoms with Crippen LogP contribution in [0, 0.1) is 17.8 Å². The highest BCUT2D eigenvalue weighted by Gasteiger charge is 2.31. The quantitative estimate of drug-likeness (QED) is 0.0172. The summed E-state index contributed by atoms with van der Waals surface area (Å²) in [5, 5.41) is 40.4. The molecule has 0 bridgehead atoms. The number of nitrogens with zero attached hydrogens (tertiary/aromatic N) is 3. The molecule has 0 radical (unpaired) electrons. The zero-order chi connectivity index (χ0) is 65.7. The van der Waals surface area contributed by atoms with Gasteiger partial charge in [0, 0.05) is 104 Å². The largest absolute Gasteiger partial charge is 0.506 e. The number of thiazole rings is 1. The molecule has 9 N–H and O–H groups in total. The third kappa shape index (κ3) is 31.9. The van der Waals surface area contributed by atoms with Crippen LogP contribution in [-0.2, 0) is 25.5 Å². The molecular formula is C71H117N11O5S. The summed E-state index contributed by atoms with van der Waals surface area (Å²) in [4.78, 5) is 47.2. The molecule has 0 fully saturated rings. The second kappa shape index (κ2) is 42.9. The van der Waals surface area contributed by atoms with Gasteiger partial charge in [0.15, 0.2) is 6.10 Å². The van der Waals surface area contributed by atoms with Crippen LogP contribution >= 0.6 is 11.3 Å². The summed E-state index contributed by atoms with van der Waals surface area (Å²) < 4.78 is 5.85. The van der Waals surface area contributed by atoms with E-state index in [4.69, 9.17) is 9.72 Å². The van der Waals surface area contributed by atoms with Gasteiger partial charge in [-0.1, -0.05) is 146 Å². The van der Waals surface area contributed by atoms with Crippen LogP contribution in [-0.4, -0.2) is 102 Å². The number of anilines is 1. The lowest BCUT2D eigenvalue weighted by Gasteiger charge is -2.33. The van der Waals surface area contributed by atoms with E-state index in [1.807, 2.05) is 30.8 Å². The highest BCUT2D eigenvalue weighted by atomic mass is 32.1. The Hall–Kier alpha value is -6.88. The topological polar surface area (TPSA) is 196 Å². The molecule has 0 saturated carbocycles. The fourth-order valence-corrected chi connectivity index (χ4v) is 11.3. The fraction of sp³-hybridized carbons (Fsp3) is 0.577. The van der Waals surface area contributed by atoms with Gasteiger partial charge < -0.3 is 62.2 Å². The number of hydrogen-bond acceptors (Lipinski definition) is 15. The van der Waals surface area contributed by atoms with E-state index < -0.39 is 12.1 Å². The number of carbonyl (C=O) groups excluding carboxylic acids is 3. The van der Waals surface area contributed by atoms with Crippen molar-refractivity contribution in [2.75, 3.05) is 51.6 Å². The average molecular weight is 1240 g/mol. The van der Waals surface area contributed by atoms with Crippen LogP contribution in [0.25, 0.3) is 5.70 Å². The Morgan fingerprint density at radius 3 is 2.08 bits per heavy atom. The van der Waals surface area contributed by atoms with Crippen LogP contribution in [0.2, 0.25) is 0 Å². The summed E-state index contributed by atoms with van der Waals surface area (Å²) in [6.45, 7) is 59.8. The van der Waals surface area contributed by atoms with Crippen molar-refractivity contribution in [1.82, 2.24) is 52.0 Å². The van der Waals surface area contributed by atoms with Crippen molar-refractivity contribution >= 4 is 40.5 Å². The van der Waals surface area contributed by atoms with E-state index in [1.165, 1.54) is 31.1 Å². The molecule has 1 aromatic heterocycles. The van der Waals surface area contributed by atoms with Crippen LogP contribution in [0.5, 0.6) is 5.75 Å². The Labute approximate surface area is 536 Å². The minimum Gasteiger partial charge on any atom is -0.506 e. The van der Waals surface area contributed by atoms with E-state index in [-0.39, 0.29) is 54.7 Å². The number of allylic oxidation sites excluding steroid dienone is 4. The number of aromatic nitrogens is 1. The van der Waals surface area contributed by atoms with Crippen LogP contribution in [0.4, 0.5) is 5.69 Å². The number of ether oxygens (including phenoxy) is 1. The predicted octanol–water partition coefficient (Wildman–Crippen LogP) is 14.0. The molecule has 0 aliphatic rings. The molecule has 2 aromatic rings. The maximum atomic E-state index is 13.1. The summed E-state index contributed by atoms with van der Waals surface area (Å²) in [6, 6.07) is 5.34. The number of esters is 1. The minimum atomic E-state index is -0.623. The maximum Gasteiger partial charge on any atom is 0.303 e. The van der Waals surface area contributed by atoms with Crippen molar-refractivity contribution in [3.05, 3.63) is 145 Å². The second-order valence-electron chi connectivity index (χ2n) is 24.5. The van der Waals surface area contributed by atoms with Gasteiger partial charge >= 0.3 is 5.97 Å². The molecule has 0 saturated heterocycles. The normalized spacial score (nSPS) is 12.7. The van der Waals surface area contributed by atoms with Crippen molar-refractivity contribution < 1.29 is 24.2 Å². The highest BCUT2D eigenvalue weighted by Crippen LogP contribution is 2.33. The van der Waals surface area contributed by atoms with Crippen molar-refractivity contribution in [2.24, 2.45) is 17.8 Å². The Morgan fingerprint density at radius 2 is 1.42 bits per heavy atom. The number of benzene rings is 1. The number of unbranched alkanes of at least 4 members (excludes halogenated alkanes) is 2. The molecule has 2 rings (SSSR count). The molecule has 2 amide bonds. The van der Waals surface area contributed by atoms with Crippen LogP contribution in [0.1, 0.15) is 194 Å². The Kier molecular flexibility index (Phi) is 37.6. The number of rotatable bonds is 52. The smallest absolute Gasteiger partial charge is 0.303 e. The summed E-state index contributed by atoms with van der Waals surface area (Å²) in [6.07, 6.45) is 17.0. The maximum absolute atomic E-state index is 13.1. The molecule has 5 atom stereocenters. The zero-order valence-corrected chi connectivity index (χ0v) is 56.9. The lowest BCUT2D eigenvalue weighted by Crippen LogP contribution is -2.41. The van der Waals surface area contributed by atoms with Gasteiger partial charge in [-0.15, -0.1) is 11.3 Å². The Balaban J connectivity index is 1.89. The van der Waals surface area contributed by atoms with Crippen LogP contribution in [0.15, 0.2) is 129 Å². The third-order valence-corrected chi connectivity index (χ3v) is 16.3. The van der Waals surface area contributed by atoms with Crippen molar-refractivity contribution in [3.63, 3.8) is 0 Å². The fourth-order valence-electron chi connectivity index (χ4n) is 10.5. The number of amides is 2. The van der Waals surface area contributed by atoms with Gasteiger partial charge in [0.25, 0.3) is 0 Å². The number of carbonyl (C=O) groups is 3. The van der Waals surface area contributed by atoms with Gasteiger partial charge in [-0.05, 0) is 119 Å². The number of nitrogens with one attached hydrogen (secondary N) is 8. The summed E-state index contributed by atoms with van der Waals surface area (Å²) in [5.74, 6) is 0.687. The van der Waals surface area contributed by atoms with Gasteiger partial charge in [0.2, 0.25) is 11.8 Å². The minimum absolute atomic E-state index is 0.0250. The second-order valence-corrected chi connectivity index (χ2v) is 25.4. The van der Waals surface area contributed by atoms with Crippen molar-refractivity contribution in [2.45, 2.75) is 202 Å². The third-order valence-electron chi connectivity index (χ3n) is 15.3. The molecule has 1 heterocycles. The van der Waals surface area contributed by atoms with Gasteiger partial charge in [0.1, 0.15) is 10.8 Å². The van der Waals surface area contributed by atoms with Gasteiger partial charge in [0.05, 0.1) is 42.8 Å². The van der Waals surface area contributed by atoms with Gasteiger partial charge in [-0.2, -0.15) is 0 Å². The van der Waals surface area contributed by atoms with E-state index in [9.17, 15) is 19.5 Å². The molecule has 492 valence electrons. The Bertz CT molecular complexity index is 2570. The van der Waals surface area contributed by atoms with E-state index in [0.717, 1.165) is 124 Å². The van der Waals surface area contributed by atoms with Gasteiger partial charge in [-0.3, -0.25) is 14.4 Å². The van der Waals surface area contributed by atoms with E-state index in [2.05, 4.69) is 162 Å². The lowest BCUT2D eigenvalue weighted by atomic mass is 9.96. The first-order valence-corrected chi connectivity index (χ1v) is 33.2. The molecule has 16 nitrogen and oxygen atoms in total. The molecule has 0 aliphatic carbocycles.